The van der Waals surface area contributed by atoms with Crippen LogP contribution in [0.5, 0.6) is 0 Å². The molecular formula is C21H22N4O4. The average Bonchev–Trinajstić information content (AvgIpc) is 3.14. The Morgan fingerprint density at radius 2 is 1.86 bits per heavy atom. The van der Waals surface area contributed by atoms with Gasteiger partial charge < -0.3 is 9.42 Å². The zero-order chi connectivity index (χ0) is 21.2. The molecule has 0 N–H and O–H groups in total. The van der Waals surface area contributed by atoms with Crippen LogP contribution in [0.25, 0.3) is 11.4 Å². The minimum Gasteiger partial charge on any atom is -0.337 e. The first-order valence-electron chi connectivity index (χ1n) is 9.12. The molecule has 0 aliphatic carbocycles. The van der Waals surface area contributed by atoms with Gasteiger partial charge in [0.15, 0.2) is 0 Å². The molecule has 3 aromatic rings. The molecule has 0 atom stereocenters. The number of nitro benzene ring substituents is 1. The fourth-order valence-electron chi connectivity index (χ4n) is 2.87. The van der Waals surface area contributed by atoms with Crippen molar-refractivity contribution in [1.29, 1.82) is 0 Å². The summed E-state index contributed by atoms with van der Waals surface area (Å²) in [6, 6.07) is 13.9. The van der Waals surface area contributed by atoms with E-state index in [1.807, 2.05) is 51.1 Å². The highest BCUT2D eigenvalue weighted by Crippen LogP contribution is 2.25. The maximum absolute atomic E-state index is 13.2. The summed E-state index contributed by atoms with van der Waals surface area (Å²) >= 11 is 0. The Balaban J connectivity index is 1.90. The average molecular weight is 394 g/mol. The molecule has 0 aliphatic rings. The molecule has 3 rings (SSSR count). The fraction of sp³-hybridized carbons (Fsp3) is 0.286. The second-order valence-corrected chi connectivity index (χ2v) is 7.70. The van der Waals surface area contributed by atoms with Crippen molar-refractivity contribution < 1.29 is 14.2 Å². The Hall–Kier alpha value is -3.55. The van der Waals surface area contributed by atoms with Crippen LogP contribution in [-0.4, -0.2) is 31.4 Å². The summed E-state index contributed by atoms with van der Waals surface area (Å²) in [6.07, 6.45) is 0. The number of amides is 1. The highest BCUT2D eigenvalue weighted by atomic mass is 16.6. The maximum atomic E-state index is 13.2. The van der Waals surface area contributed by atoms with E-state index < -0.39 is 10.5 Å². The molecule has 150 valence electrons. The highest BCUT2D eigenvalue weighted by Gasteiger charge is 2.30. The third-order valence-corrected chi connectivity index (χ3v) is 4.50. The van der Waals surface area contributed by atoms with Crippen molar-refractivity contribution in [2.24, 2.45) is 0 Å². The van der Waals surface area contributed by atoms with Gasteiger partial charge in [-0.15, -0.1) is 0 Å². The normalized spacial score (nSPS) is 11.3. The molecule has 0 saturated carbocycles. The summed E-state index contributed by atoms with van der Waals surface area (Å²) in [5.74, 6) is 0.377. The minimum atomic E-state index is -0.571. The number of nitrogens with zero attached hydrogens (tertiary/aromatic N) is 4. The molecule has 8 nitrogen and oxygen atoms in total. The molecule has 2 aromatic carbocycles. The van der Waals surface area contributed by atoms with Crippen molar-refractivity contribution in [3.8, 4) is 11.4 Å². The molecule has 0 aliphatic heterocycles. The number of aryl methyl sites for hydroxylation is 1. The van der Waals surface area contributed by atoms with Gasteiger partial charge in [-0.2, -0.15) is 4.98 Å². The summed E-state index contributed by atoms with van der Waals surface area (Å²) in [4.78, 5) is 29.9. The Morgan fingerprint density at radius 1 is 1.17 bits per heavy atom. The van der Waals surface area contributed by atoms with Gasteiger partial charge in [0.25, 0.3) is 11.6 Å². The number of hydrogen-bond acceptors (Lipinski definition) is 6. The van der Waals surface area contributed by atoms with Gasteiger partial charge in [0.2, 0.25) is 11.7 Å². The number of benzene rings is 2. The Labute approximate surface area is 168 Å². The van der Waals surface area contributed by atoms with Gasteiger partial charge in [-0.1, -0.05) is 41.6 Å². The quantitative estimate of drug-likeness (QED) is 0.470. The standard InChI is InChI=1S/C21H22N4O4/c1-14-10-11-16(12-17(14)25(27)28)20(26)24(21(2,3)4)13-18-22-19(23-29-18)15-8-6-5-7-9-15/h5-12H,13H2,1-4H3. The molecular weight excluding hydrogens is 372 g/mol. The number of rotatable bonds is 5. The Kier molecular flexibility index (Phi) is 5.45. The molecule has 1 amide bonds. The van der Waals surface area contributed by atoms with Crippen LogP contribution < -0.4 is 0 Å². The van der Waals surface area contributed by atoms with E-state index in [1.54, 1.807) is 24.0 Å². The van der Waals surface area contributed by atoms with Crippen LogP contribution in [0.15, 0.2) is 53.1 Å². The lowest BCUT2D eigenvalue weighted by Gasteiger charge is -2.34. The first-order chi connectivity index (χ1) is 13.7. The Bertz CT molecular complexity index is 1040. The summed E-state index contributed by atoms with van der Waals surface area (Å²) in [7, 11) is 0. The van der Waals surface area contributed by atoms with E-state index in [-0.39, 0.29) is 29.6 Å². The van der Waals surface area contributed by atoms with Gasteiger partial charge in [-0.25, -0.2) is 0 Å². The topological polar surface area (TPSA) is 102 Å². The second kappa shape index (κ2) is 7.83. The Morgan fingerprint density at radius 3 is 2.48 bits per heavy atom. The van der Waals surface area contributed by atoms with Crippen LogP contribution in [0, 0.1) is 17.0 Å². The van der Waals surface area contributed by atoms with Crippen LogP contribution in [0.3, 0.4) is 0 Å². The number of carbonyl (C=O) groups excluding carboxylic acids is 1. The van der Waals surface area contributed by atoms with E-state index >= 15 is 0 Å². The summed E-state index contributed by atoms with van der Waals surface area (Å²) in [5.41, 5.74) is 0.885. The van der Waals surface area contributed by atoms with Crippen LogP contribution in [0.4, 0.5) is 5.69 Å². The molecule has 0 spiro atoms. The van der Waals surface area contributed by atoms with E-state index in [0.717, 1.165) is 5.56 Å². The van der Waals surface area contributed by atoms with Gasteiger partial charge in [-0.3, -0.25) is 14.9 Å². The highest BCUT2D eigenvalue weighted by molar-refractivity contribution is 5.95. The van der Waals surface area contributed by atoms with Crippen LogP contribution in [0.2, 0.25) is 0 Å². The van der Waals surface area contributed by atoms with Gasteiger partial charge in [-0.05, 0) is 33.8 Å². The van der Waals surface area contributed by atoms with Crippen molar-refractivity contribution in [2.75, 3.05) is 0 Å². The lowest BCUT2D eigenvalue weighted by atomic mass is 10.0. The van der Waals surface area contributed by atoms with E-state index in [9.17, 15) is 14.9 Å². The van der Waals surface area contributed by atoms with Crippen LogP contribution in [-0.2, 0) is 6.54 Å². The van der Waals surface area contributed by atoms with Crippen LogP contribution in [0.1, 0.15) is 42.6 Å². The van der Waals surface area contributed by atoms with Gasteiger partial charge >= 0.3 is 0 Å². The third kappa shape index (κ3) is 4.48. The summed E-state index contributed by atoms with van der Waals surface area (Å²) in [5, 5.41) is 15.2. The van der Waals surface area contributed by atoms with Crippen molar-refractivity contribution >= 4 is 11.6 Å². The molecule has 0 bridgehead atoms. The SMILES string of the molecule is Cc1ccc(C(=O)N(Cc2nc(-c3ccccc3)no2)C(C)(C)C)cc1[N+](=O)[O-]. The monoisotopic (exact) mass is 394 g/mol. The summed E-state index contributed by atoms with van der Waals surface area (Å²) in [6.45, 7) is 7.35. The van der Waals surface area contributed by atoms with Gasteiger partial charge in [0, 0.05) is 28.3 Å². The number of nitro groups is 1. The molecule has 8 heteroatoms. The van der Waals surface area contributed by atoms with Crippen LogP contribution >= 0.6 is 0 Å². The number of aromatic nitrogens is 2. The molecule has 0 saturated heterocycles. The van der Waals surface area contributed by atoms with E-state index in [2.05, 4.69) is 10.1 Å². The van der Waals surface area contributed by atoms with Crippen molar-refractivity contribution in [3.63, 3.8) is 0 Å². The van der Waals surface area contributed by atoms with E-state index in [4.69, 9.17) is 4.52 Å². The van der Waals surface area contributed by atoms with Gasteiger partial charge in [0.1, 0.15) is 6.54 Å². The molecule has 1 heterocycles. The number of carbonyl (C=O) groups is 1. The molecule has 1 aromatic heterocycles. The van der Waals surface area contributed by atoms with Crippen molar-refractivity contribution in [1.82, 2.24) is 15.0 Å². The molecule has 0 unspecified atom stereocenters. The lowest BCUT2D eigenvalue weighted by Crippen LogP contribution is -2.45. The largest absolute Gasteiger partial charge is 0.337 e. The van der Waals surface area contributed by atoms with Gasteiger partial charge in [0.05, 0.1) is 4.92 Å². The smallest absolute Gasteiger partial charge is 0.273 e. The maximum Gasteiger partial charge on any atom is 0.273 e. The zero-order valence-electron chi connectivity index (χ0n) is 16.7. The van der Waals surface area contributed by atoms with Crippen molar-refractivity contribution in [3.05, 3.63) is 75.7 Å². The second-order valence-electron chi connectivity index (χ2n) is 7.70. The van der Waals surface area contributed by atoms with Crippen molar-refractivity contribution in [2.45, 2.75) is 39.8 Å². The van der Waals surface area contributed by atoms with E-state index in [0.29, 0.717) is 11.4 Å². The third-order valence-electron chi connectivity index (χ3n) is 4.50. The predicted octanol–water partition coefficient (Wildman–Crippen LogP) is 4.39. The molecule has 0 fully saturated rings. The first kappa shape index (κ1) is 20.2. The summed E-state index contributed by atoms with van der Waals surface area (Å²) < 4.78 is 5.35. The predicted molar refractivity (Wildman–Crippen MR) is 107 cm³/mol. The van der Waals surface area contributed by atoms with E-state index in [1.165, 1.54) is 6.07 Å². The number of hydrogen-bond donors (Lipinski definition) is 0. The lowest BCUT2D eigenvalue weighted by molar-refractivity contribution is -0.385. The minimum absolute atomic E-state index is 0.0871. The molecule has 29 heavy (non-hydrogen) atoms. The fourth-order valence-corrected chi connectivity index (χ4v) is 2.87. The molecule has 0 radical (unpaired) electrons. The zero-order valence-corrected chi connectivity index (χ0v) is 16.7. The first-order valence-corrected chi connectivity index (χ1v) is 9.12.